The zero-order valence-corrected chi connectivity index (χ0v) is 15.0. The maximum atomic E-state index is 6.29. The van der Waals surface area contributed by atoms with Crippen molar-refractivity contribution in [3.05, 3.63) is 0 Å². The molecule has 77 valence electrons. The van der Waals surface area contributed by atoms with Crippen LogP contribution in [0.4, 0.5) is 0 Å². The van der Waals surface area contributed by atoms with E-state index in [0.29, 0.717) is 0 Å². The van der Waals surface area contributed by atoms with E-state index in [9.17, 15) is 0 Å². The van der Waals surface area contributed by atoms with Crippen LogP contribution in [0.1, 0.15) is 0 Å². The number of halogens is 4. The summed E-state index contributed by atoms with van der Waals surface area (Å²) >= 11 is 24.4. The van der Waals surface area contributed by atoms with Gasteiger partial charge in [0.2, 0.25) is 0 Å². The van der Waals surface area contributed by atoms with E-state index in [1.54, 1.807) is 0 Å². The van der Waals surface area contributed by atoms with Gasteiger partial charge in [-0.3, -0.25) is 0 Å². The SMILES string of the molecule is C[Si](C)N([Si](C)C)[Si](Cl)(Cl)[Si](Cl)Cl. The molecule has 0 saturated carbocycles. The zero-order chi connectivity index (χ0) is 10.8. The smallest absolute Gasteiger partial charge is 0.329 e. The van der Waals surface area contributed by atoms with Crippen molar-refractivity contribution in [2.75, 3.05) is 0 Å². The van der Waals surface area contributed by atoms with E-state index in [2.05, 4.69) is 30.1 Å². The van der Waals surface area contributed by atoms with Gasteiger partial charge in [0, 0.05) is 0 Å². The monoisotopic (exact) mass is 326 g/mol. The van der Waals surface area contributed by atoms with E-state index in [1.165, 1.54) is 0 Å². The Morgan fingerprint density at radius 1 is 0.923 bits per heavy atom. The fourth-order valence-electron chi connectivity index (χ4n) is 1.09. The second-order valence-corrected chi connectivity index (χ2v) is 25.3. The molecule has 0 aromatic carbocycles. The van der Waals surface area contributed by atoms with Gasteiger partial charge in [-0.05, 0) is 0 Å². The summed E-state index contributed by atoms with van der Waals surface area (Å²) in [7, 11) is -1.28. The first-order valence-electron chi connectivity index (χ1n) is 3.68. The molecule has 0 aromatic heterocycles. The van der Waals surface area contributed by atoms with Crippen LogP contribution in [0.15, 0.2) is 0 Å². The molecule has 0 bridgehead atoms. The lowest BCUT2D eigenvalue weighted by atomic mass is 11.9. The predicted molar refractivity (Wildman–Crippen MR) is 71.7 cm³/mol. The Morgan fingerprint density at radius 2 is 1.23 bits per heavy atom. The van der Waals surface area contributed by atoms with E-state index >= 15 is 0 Å². The summed E-state index contributed by atoms with van der Waals surface area (Å²) in [5, 5.41) is 0. The molecule has 1 nitrogen and oxygen atoms in total. The molecule has 0 unspecified atom stereocenters. The normalized spacial score (nSPS) is 13.8. The summed E-state index contributed by atoms with van der Waals surface area (Å²) in [6, 6.07) is 0. The Morgan fingerprint density at radius 3 is 1.31 bits per heavy atom. The highest BCUT2D eigenvalue weighted by Gasteiger charge is 2.48. The Balaban J connectivity index is 4.73. The number of nitrogens with zero attached hydrogens (tertiary/aromatic N) is 1. The van der Waals surface area contributed by atoms with Crippen molar-refractivity contribution in [2.45, 2.75) is 26.2 Å². The molecule has 3 radical (unpaired) electrons. The van der Waals surface area contributed by atoms with Crippen molar-refractivity contribution < 1.29 is 0 Å². The van der Waals surface area contributed by atoms with Crippen LogP contribution < -0.4 is 0 Å². The van der Waals surface area contributed by atoms with Crippen LogP contribution in [0.5, 0.6) is 0 Å². The topological polar surface area (TPSA) is 3.24 Å². The largest absolute Gasteiger partial charge is 0.347 e. The van der Waals surface area contributed by atoms with Crippen LogP contribution >= 0.6 is 44.3 Å². The molecular weight excluding hydrogens is 316 g/mol. The minimum atomic E-state index is -2.54. The average molecular weight is 328 g/mol. The van der Waals surface area contributed by atoms with Gasteiger partial charge in [0.1, 0.15) is 17.9 Å². The van der Waals surface area contributed by atoms with Crippen molar-refractivity contribution in [1.82, 2.24) is 3.90 Å². The summed E-state index contributed by atoms with van der Waals surface area (Å²) < 4.78 is 2.25. The molecule has 0 aliphatic carbocycles. The molecule has 0 rings (SSSR count). The molecule has 0 saturated heterocycles. The van der Waals surface area contributed by atoms with Gasteiger partial charge in [-0.25, -0.2) is 0 Å². The van der Waals surface area contributed by atoms with Crippen LogP contribution in [-0.4, -0.2) is 35.1 Å². The van der Waals surface area contributed by atoms with Crippen LogP contribution in [0, 0.1) is 0 Å². The van der Waals surface area contributed by atoms with E-state index in [-0.39, 0.29) is 0 Å². The molecular formula is C4H12Cl4NSi4. The van der Waals surface area contributed by atoms with Crippen molar-refractivity contribution in [3.8, 4) is 0 Å². The maximum absolute atomic E-state index is 6.29. The van der Waals surface area contributed by atoms with Gasteiger partial charge in [0.25, 0.3) is 0 Å². The average Bonchev–Trinajstić information content (AvgIpc) is 1.82. The molecule has 9 heteroatoms. The van der Waals surface area contributed by atoms with Crippen LogP contribution in [0.2, 0.25) is 26.2 Å². The Kier molecular flexibility index (Phi) is 6.81. The molecule has 0 N–H and O–H groups in total. The minimum Gasteiger partial charge on any atom is -0.347 e. The molecule has 0 atom stereocenters. The first-order chi connectivity index (χ1) is 5.71. The van der Waals surface area contributed by atoms with Crippen LogP contribution in [-0.2, 0) is 0 Å². The van der Waals surface area contributed by atoms with Gasteiger partial charge in [0.05, 0.1) is 0 Å². The lowest BCUT2D eigenvalue weighted by molar-refractivity contribution is 1.03. The third kappa shape index (κ3) is 4.16. The van der Waals surface area contributed by atoms with Crippen LogP contribution in [0.3, 0.4) is 0 Å². The van der Waals surface area contributed by atoms with Gasteiger partial charge >= 0.3 is 13.3 Å². The van der Waals surface area contributed by atoms with E-state index < -0.39 is 31.2 Å². The lowest BCUT2D eigenvalue weighted by Crippen LogP contribution is -2.61. The Bertz CT molecular complexity index is 156. The van der Waals surface area contributed by atoms with Gasteiger partial charge in [-0.2, -0.15) is 0 Å². The van der Waals surface area contributed by atoms with Crippen molar-refractivity contribution >= 4 is 75.5 Å². The van der Waals surface area contributed by atoms with E-state index in [0.717, 1.165) is 0 Å². The first-order valence-corrected chi connectivity index (χ1v) is 17.1. The summed E-state index contributed by atoms with van der Waals surface area (Å²) in [5.74, 6) is 0. The molecule has 0 aromatic rings. The highest BCUT2D eigenvalue weighted by molar-refractivity contribution is 7.86. The maximum Gasteiger partial charge on any atom is 0.329 e. The second-order valence-electron chi connectivity index (χ2n) is 3.03. The predicted octanol–water partition coefficient (Wildman–Crippen LogP) is 3.25. The lowest BCUT2D eigenvalue weighted by Gasteiger charge is -2.37. The van der Waals surface area contributed by atoms with Gasteiger partial charge in [-0.1, -0.05) is 26.2 Å². The van der Waals surface area contributed by atoms with Gasteiger partial charge in [0.15, 0.2) is 0 Å². The molecule has 0 aliphatic heterocycles. The minimum absolute atomic E-state index is 0.641. The number of rotatable bonds is 4. The Hall–Kier alpha value is 1.99. The Labute approximate surface area is 105 Å². The van der Waals surface area contributed by atoms with Crippen molar-refractivity contribution in [3.63, 3.8) is 0 Å². The number of hydrogen-bond donors (Lipinski definition) is 0. The van der Waals surface area contributed by atoms with Crippen LogP contribution in [0.25, 0.3) is 0 Å². The van der Waals surface area contributed by atoms with E-state index in [4.69, 9.17) is 44.3 Å². The van der Waals surface area contributed by atoms with Gasteiger partial charge < -0.3 is 3.90 Å². The first kappa shape index (κ1) is 15.0. The summed E-state index contributed by atoms with van der Waals surface area (Å²) in [4.78, 5) is 0. The highest BCUT2D eigenvalue weighted by atomic mass is 35.8. The quantitative estimate of drug-likeness (QED) is 0.566. The molecule has 0 aliphatic rings. The summed E-state index contributed by atoms with van der Waals surface area (Å²) in [5.41, 5.74) is 0. The molecule has 0 heterocycles. The molecule has 0 spiro atoms. The van der Waals surface area contributed by atoms with Gasteiger partial charge in [-0.15, -0.1) is 44.3 Å². The third-order valence-corrected chi connectivity index (χ3v) is 29.5. The molecule has 13 heavy (non-hydrogen) atoms. The molecule has 0 fully saturated rings. The summed E-state index contributed by atoms with van der Waals surface area (Å²) in [6.07, 6.45) is -2.54. The fourth-order valence-corrected chi connectivity index (χ4v) is 26.0. The van der Waals surface area contributed by atoms with E-state index in [1.807, 2.05) is 0 Å². The number of hydrogen-bond acceptors (Lipinski definition) is 1. The molecule has 0 amide bonds. The van der Waals surface area contributed by atoms with Crippen molar-refractivity contribution in [2.24, 2.45) is 0 Å². The second kappa shape index (κ2) is 5.91. The van der Waals surface area contributed by atoms with Crippen molar-refractivity contribution in [1.29, 1.82) is 0 Å². The zero-order valence-electron chi connectivity index (χ0n) is 7.96. The highest BCUT2D eigenvalue weighted by Crippen LogP contribution is 2.29. The third-order valence-electron chi connectivity index (χ3n) is 1.40. The fraction of sp³-hybridized carbons (Fsp3) is 1.00. The standard InChI is InChI=1S/C4H12Cl4NSi4/c1-10(2)9(11(3)4)13(7,8)12(5)6/h1-4H3. The summed E-state index contributed by atoms with van der Waals surface area (Å²) in [6.45, 7) is 7.09.